The number of nitrogens with one attached hydrogen (secondary N) is 1. The second-order valence-corrected chi connectivity index (χ2v) is 7.38. The fourth-order valence-electron chi connectivity index (χ4n) is 3.54. The first kappa shape index (κ1) is 19.1. The summed E-state index contributed by atoms with van der Waals surface area (Å²) in [4.78, 5) is 31.5. The fourth-order valence-corrected chi connectivity index (χ4v) is 3.54. The number of aromatic nitrogens is 2. The van der Waals surface area contributed by atoms with E-state index in [2.05, 4.69) is 15.5 Å². The van der Waals surface area contributed by atoms with E-state index in [0.717, 1.165) is 24.0 Å². The van der Waals surface area contributed by atoms with Crippen LogP contribution < -0.4 is 5.32 Å². The van der Waals surface area contributed by atoms with Crippen molar-refractivity contribution in [2.45, 2.75) is 46.6 Å². The molecule has 27 heavy (non-hydrogen) atoms. The van der Waals surface area contributed by atoms with Gasteiger partial charge in [-0.15, -0.1) is 0 Å². The van der Waals surface area contributed by atoms with Crippen LogP contribution in [0.3, 0.4) is 0 Å². The summed E-state index contributed by atoms with van der Waals surface area (Å²) in [5.74, 6) is 0.588. The molecule has 0 spiro atoms. The van der Waals surface area contributed by atoms with Crippen molar-refractivity contribution in [1.29, 1.82) is 0 Å². The van der Waals surface area contributed by atoms with Gasteiger partial charge in [0, 0.05) is 18.7 Å². The molecular formula is C20H26N4O3. The fraction of sp³-hybridized carbons (Fsp3) is 0.500. The van der Waals surface area contributed by atoms with Crippen LogP contribution in [-0.4, -0.2) is 39.9 Å². The molecule has 2 aromatic rings. The molecule has 1 N–H and O–H groups in total. The minimum absolute atomic E-state index is 0.0140. The number of amides is 2. The zero-order valence-corrected chi connectivity index (χ0v) is 16.3. The van der Waals surface area contributed by atoms with E-state index in [1.807, 2.05) is 39.0 Å². The number of piperidine rings is 1. The molecule has 0 radical (unpaired) electrons. The number of rotatable bonds is 4. The van der Waals surface area contributed by atoms with Crippen LogP contribution in [0.1, 0.15) is 59.0 Å². The standard InChI is InChI=1S/C20H26N4O3/c1-12-8-13(2)10-17(9-12)20(26)24-7-5-6-16(11-24)18(25)21-14(3)19-22-15(4)23-27-19/h8-10,14,16H,5-7,11H2,1-4H3,(H,21,25)/t14-,16-/m1/s1. The van der Waals surface area contributed by atoms with E-state index < -0.39 is 0 Å². The number of benzene rings is 1. The van der Waals surface area contributed by atoms with Gasteiger partial charge < -0.3 is 14.7 Å². The van der Waals surface area contributed by atoms with E-state index in [1.165, 1.54) is 0 Å². The minimum atomic E-state index is -0.357. The molecule has 0 aliphatic carbocycles. The Labute approximate surface area is 159 Å². The van der Waals surface area contributed by atoms with E-state index in [9.17, 15) is 9.59 Å². The quantitative estimate of drug-likeness (QED) is 0.894. The summed E-state index contributed by atoms with van der Waals surface area (Å²) >= 11 is 0. The van der Waals surface area contributed by atoms with Gasteiger partial charge in [-0.25, -0.2) is 0 Å². The number of nitrogens with zero attached hydrogens (tertiary/aromatic N) is 3. The van der Waals surface area contributed by atoms with Gasteiger partial charge in [0.05, 0.1) is 5.92 Å². The normalized spacial score (nSPS) is 18.2. The van der Waals surface area contributed by atoms with Crippen LogP contribution in [0.5, 0.6) is 0 Å². The Balaban J connectivity index is 1.64. The van der Waals surface area contributed by atoms with Crippen molar-refractivity contribution in [3.63, 3.8) is 0 Å². The predicted molar refractivity (Wildman–Crippen MR) is 100 cm³/mol. The second-order valence-electron chi connectivity index (χ2n) is 7.38. The van der Waals surface area contributed by atoms with Gasteiger partial charge in [0.15, 0.2) is 5.82 Å². The molecule has 1 fully saturated rings. The minimum Gasteiger partial charge on any atom is -0.344 e. The lowest BCUT2D eigenvalue weighted by atomic mass is 9.95. The first-order chi connectivity index (χ1) is 12.8. The molecule has 2 atom stereocenters. The number of carbonyl (C=O) groups is 2. The lowest BCUT2D eigenvalue weighted by Gasteiger charge is -2.32. The third kappa shape index (κ3) is 4.53. The highest BCUT2D eigenvalue weighted by Gasteiger charge is 2.30. The van der Waals surface area contributed by atoms with Gasteiger partial charge in [-0.05, 0) is 52.7 Å². The lowest BCUT2D eigenvalue weighted by molar-refractivity contribution is -0.127. The molecule has 1 aromatic carbocycles. The first-order valence-electron chi connectivity index (χ1n) is 9.31. The molecule has 7 heteroatoms. The van der Waals surface area contributed by atoms with Crippen molar-refractivity contribution in [3.05, 3.63) is 46.6 Å². The molecule has 0 unspecified atom stereocenters. The lowest BCUT2D eigenvalue weighted by Crippen LogP contribution is -2.46. The van der Waals surface area contributed by atoms with Crippen LogP contribution in [-0.2, 0) is 4.79 Å². The molecule has 2 amide bonds. The highest BCUT2D eigenvalue weighted by atomic mass is 16.5. The number of carbonyl (C=O) groups excluding carboxylic acids is 2. The van der Waals surface area contributed by atoms with Crippen molar-refractivity contribution < 1.29 is 14.1 Å². The average Bonchev–Trinajstić information content (AvgIpc) is 3.07. The first-order valence-corrected chi connectivity index (χ1v) is 9.31. The predicted octanol–water partition coefficient (Wildman–Crippen LogP) is 2.72. The highest BCUT2D eigenvalue weighted by Crippen LogP contribution is 2.21. The molecule has 1 aliphatic heterocycles. The zero-order chi connectivity index (χ0) is 19.6. The van der Waals surface area contributed by atoms with Gasteiger partial charge in [-0.3, -0.25) is 9.59 Å². The summed E-state index contributed by atoms with van der Waals surface area (Å²) in [6.45, 7) is 8.61. The summed E-state index contributed by atoms with van der Waals surface area (Å²) in [6.07, 6.45) is 1.57. The van der Waals surface area contributed by atoms with Gasteiger partial charge in [0.25, 0.3) is 5.91 Å². The SMILES string of the molecule is Cc1cc(C)cc(C(=O)N2CCC[C@@H](C(=O)N[C@H](C)c3nc(C)no3)C2)c1. The van der Waals surface area contributed by atoms with Crippen LogP contribution >= 0.6 is 0 Å². The summed E-state index contributed by atoms with van der Waals surface area (Å²) in [7, 11) is 0. The van der Waals surface area contributed by atoms with Crippen LogP contribution in [0.4, 0.5) is 0 Å². The molecule has 3 rings (SSSR count). The van der Waals surface area contributed by atoms with Crippen LogP contribution in [0.25, 0.3) is 0 Å². The summed E-state index contributed by atoms with van der Waals surface area (Å²) in [5, 5.41) is 6.67. The molecule has 144 valence electrons. The van der Waals surface area contributed by atoms with Crippen LogP contribution in [0, 0.1) is 26.7 Å². The summed E-state index contributed by atoms with van der Waals surface area (Å²) < 4.78 is 5.11. The average molecular weight is 370 g/mol. The Morgan fingerprint density at radius 1 is 1.22 bits per heavy atom. The van der Waals surface area contributed by atoms with Crippen molar-refractivity contribution in [3.8, 4) is 0 Å². The zero-order valence-electron chi connectivity index (χ0n) is 16.3. The molecule has 1 saturated heterocycles. The van der Waals surface area contributed by atoms with Gasteiger partial charge in [-0.1, -0.05) is 22.3 Å². The topological polar surface area (TPSA) is 88.3 Å². The number of hydrogen-bond acceptors (Lipinski definition) is 5. The third-order valence-electron chi connectivity index (χ3n) is 4.82. The van der Waals surface area contributed by atoms with Crippen LogP contribution in [0.15, 0.2) is 22.7 Å². The van der Waals surface area contributed by atoms with Crippen molar-refractivity contribution in [1.82, 2.24) is 20.4 Å². The van der Waals surface area contributed by atoms with E-state index in [-0.39, 0.29) is 23.8 Å². The number of likely N-dealkylation sites (tertiary alicyclic amines) is 1. The third-order valence-corrected chi connectivity index (χ3v) is 4.82. The number of hydrogen-bond donors (Lipinski definition) is 1. The molecule has 7 nitrogen and oxygen atoms in total. The van der Waals surface area contributed by atoms with Gasteiger partial charge >= 0.3 is 0 Å². The Morgan fingerprint density at radius 2 is 1.93 bits per heavy atom. The Morgan fingerprint density at radius 3 is 2.56 bits per heavy atom. The summed E-state index contributed by atoms with van der Waals surface area (Å²) in [5.41, 5.74) is 2.81. The summed E-state index contributed by atoms with van der Waals surface area (Å²) in [6, 6.07) is 5.49. The smallest absolute Gasteiger partial charge is 0.253 e. The van der Waals surface area contributed by atoms with Gasteiger partial charge in [0.1, 0.15) is 6.04 Å². The Hall–Kier alpha value is -2.70. The Bertz CT molecular complexity index is 825. The van der Waals surface area contributed by atoms with E-state index in [1.54, 1.807) is 11.8 Å². The molecule has 2 heterocycles. The van der Waals surface area contributed by atoms with Crippen molar-refractivity contribution >= 4 is 11.8 Å². The maximum absolute atomic E-state index is 12.9. The molecular weight excluding hydrogens is 344 g/mol. The maximum atomic E-state index is 12.9. The number of aryl methyl sites for hydroxylation is 3. The molecule has 1 aliphatic rings. The van der Waals surface area contributed by atoms with Crippen molar-refractivity contribution in [2.75, 3.05) is 13.1 Å². The molecule has 1 aromatic heterocycles. The molecule has 0 saturated carbocycles. The van der Waals surface area contributed by atoms with Crippen LogP contribution in [0.2, 0.25) is 0 Å². The van der Waals surface area contributed by atoms with Gasteiger partial charge in [0.2, 0.25) is 11.8 Å². The Kier molecular flexibility index (Phi) is 5.58. The van der Waals surface area contributed by atoms with E-state index in [0.29, 0.717) is 30.4 Å². The largest absolute Gasteiger partial charge is 0.344 e. The van der Waals surface area contributed by atoms with Crippen molar-refractivity contribution in [2.24, 2.45) is 5.92 Å². The molecule has 0 bridgehead atoms. The van der Waals surface area contributed by atoms with Gasteiger partial charge in [-0.2, -0.15) is 4.98 Å². The van der Waals surface area contributed by atoms with E-state index >= 15 is 0 Å². The second kappa shape index (κ2) is 7.90. The maximum Gasteiger partial charge on any atom is 0.253 e. The monoisotopic (exact) mass is 370 g/mol. The highest BCUT2D eigenvalue weighted by molar-refractivity contribution is 5.95. The van der Waals surface area contributed by atoms with E-state index in [4.69, 9.17) is 4.52 Å².